The van der Waals surface area contributed by atoms with Gasteiger partial charge in [-0.25, -0.2) is 4.79 Å². The van der Waals surface area contributed by atoms with Gasteiger partial charge in [0.05, 0.1) is 45.6 Å². The Balaban J connectivity index is 1.33. The highest BCUT2D eigenvalue weighted by atomic mass is 16.5. The number of nitrogens with two attached hydrogens (primary N) is 1. The highest BCUT2D eigenvalue weighted by Gasteiger charge is 2.46. The maximum atomic E-state index is 12.9. The number of fused-ring (bicyclic) bond motifs is 1. The van der Waals surface area contributed by atoms with Crippen molar-refractivity contribution in [1.29, 1.82) is 0 Å². The zero-order valence-electron chi connectivity index (χ0n) is 24.7. The number of hydrogen-bond acceptors (Lipinski definition) is 10. The van der Waals surface area contributed by atoms with Gasteiger partial charge in [0.25, 0.3) is 0 Å². The molecule has 0 aliphatic carbocycles. The summed E-state index contributed by atoms with van der Waals surface area (Å²) in [6.45, 7) is 10.5. The number of hydrogen-bond donors (Lipinski definition) is 4. The molecule has 4 atom stereocenters. The molecule has 3 saturated heterocycles. The molecule has 230 valence electrons. The van der Waals surface area contributed by atoms with Crippen molar-refractivity contribution < 1.29 is 23.8 Å². The quantitative estimate of drug-likeness (QED) is 0.164. The summed E-state index contributed by atoms with van der Waals surface area (Å²) in [5.74, 6) is -0.240. The van der Waals surface area contributed by atoms with Crippen LogP contribution in [0.25, 0.3) is 0 Å². The van der Waals surface area contributed by atoms with Crippen molar-refractivity contribution in [2.24, 2.45) is 5.73 Å². The van der Waals surface area contributed by atoms with Gasteiger partial charge < -0.3 is 30.2 Å². The second-order valence-corrected chi connectivity index (χ2v) is 11.1. The molecule has 4 unspecified atom stereocenters. The average molecular weight is 576 g/mol. The van der Waals surface area contributed by atoms with Gasteiger partial charge in [-0.3, -0.25) is 25.2 Å². The number of rotatable bonds is 16. The van der Waals surface area contributed by atoms with Crippen LogP contribution in [0, 0.1) is 0 Å². The number of carbonyl (C=O) groups excluding carboxylic acids is 2. The number of urea groups is 1. The second-order valence-electron chi connectivity index (χ2n) is 11.1. The number of nitrogens with one attached hydrogen (secondary N) is 3. The Bertz CT molecular complexity index is 963. The van der Waals surface area contributed by atoms with Crippen molar-refractivity contribution in [2.75, 3.05) is 66.2 Å². The zero-order chi connectivity index (χ0) is 29.0. The molecule has 3 fully saturated rings. The largest absolute Gasteiger partial charge is 0.469 e. The number of carbonyl (C=O) groups is 2. The summed E-state index contributed by atoms with van der Waals surface area (Å²) in [5.41, 5.74) is 8.46. The Morgan fingerprint density at radius 1 is 1.12 bits per heavy atom. The lowest BCUT2D eigenvalue weighted by molar-refractivity contribution is -0.139. The third kappa shape index (κ3) is 9.60. The summed E-state index contributed by atoms with van der Waals surface area (Å²) in [4.78, 5) is 31.5. The maximum Gasteiger partial charge on any atom is 0.319 e. The molecule has 5 N–H and O–H groups in total. The van der Waals surface area contributed by atoms with Gasteiger partial charge in [0.15, 0.2) is 6.35 Å². The molecule has 0 radical (unpaired) electrons. The first-order valence-electron chi connectivity index (χ1n) is 15.1. The lowest BCUT2D eigenvalue weighted by atomic mass is 10.1. The van der Waals surface area contributed by atoms with Crippen molar-refractivity contribution in [1.82, 2.24) is 30.7 Å². The average Bonchev–Trinajstić information content (AvgIpc) is 3.29. The number of esters is 1. The summed E-state index contributed by atoms with van der Waals surface area (Å²) in [7, 11) is 1.41. The molecule has 1 aromatic carbocycles. The van der Waals surface area contributed by atoms with Gasteiger partial charge >= 0.3 is 12.0 Å². The van der Waals surface area contributed by atoms with Crippen molar-refractivity contribution in [2.45, 2.75) is 70.3 Å². The fourth-order valence-electron chi connectivity index (χ4n) is 5.68. The summed E-state index contributed by atoms with van der Waals surface area (Å²) in [5, 5.41) is 9.67. The standard InChI is InChI=1S/C29H49N7O5/c1-3-4-16-41-28-32-26(30)25-27(33-28)36(29(38)31-25)13-7-12-35(11-6-10-34-14-17-40-18-15-34)21-23-9-5-8-22(19-23)20-24(37)39-2/h5,8-9,19,25-28,32-33H,3-4,6-7,10-18,20-21,30H2,1-2H3,(H,31,38). The number of methoxy groups -OCH3 is 1. The van der Waals surface area contributed by atoms with E-state index in [1.165, 1.54) is 7.11 Å². The monoisotopic (exact) mass is 575 g/mol. The van der Waals surface area contributed by atoms with E-state index in [0.29, 0.717) is 13.2 Å². The van der Waals surface area contributed by atoms with Crippen LogP contribution >= 0.6 is 0 Å². The van der Waals surface area contributed by atoms with Crippen LogP contribution < -0.4 is 21.7 Å². The van der Waals surface area contributed by atoms with E-state index in [1.54, 1.807) is 0 Å². The minimum atomic E-state index is -0.393. The van der Waals surface area contributed by atoms with Crippen LogP contribution in [-0.4, -0.2) is 118 Å². The number of nitrogens with zero attached hydrogens (tertiary/aromatic N) is 3. The Hall–Kier alpha value is -2.32. The molecule has 41 heavy (non-hydrogen) atoms. The van der Waals surface area contributed by atoms with Crippen molar-refractivity contribution in [3.63, 3.8) is 0 Å². The third-order valence-corrected chi connectivity index (χ3v) is 7.96. The lowest BCUT2D eigenvalue weighted by Gasteiger charge is -2.40. The van der Waals surface area contributed by atoms with Crippen LogP contribution in [0.5, 0.6) is 0 Å². The smallest absolute Gasteiger partial charge is 0.319 e. The molecule has 12 heteroatoms. The van der Waals surface area contributed by atoms with Crippen LogP contribution in [0.2, 0.25) is 0 Å². The molecule has 2 amide bonds. The highest BCUT2D eigenvalue weighted by Crippen LogP contribution is 2.19. The Kier molecular flexibility index (Phi) is 12.6. The van der Waals surface area contributed by atoms with Gasteiger partial charge in [-0.05, 0) is 43.5 Å². The molecule has 3 aliphatic rings. The van der Waals surface area contributed by atoms with E-state index in [1.807, 2.05) is 17.0 Å². The van der Waals surface area contributed by atoms with E-state index in [0.717, 1.165) is 89.3 Å². The molecule has 3 heterocycles. The molecule has 0 bridgehead atoms. The zero-order valence-corrected chi connectivity index (χ0v) is 24.7. The van der Waals surface area contributed by atoms with E-state index in [2.05, 4.69) is 44.8 Å². The summed E-state index contributed by atoms with van der Waals surface area (Å²) in [6, 6.07) is 7.82. The van der Waals surface area contributed by atoms with Gasteiger partial charge in [-0.15, -0.1) is 0 Å². The van der Waals surface area contributed by atoms with Gasteiger partial charge in [0.1, 0.15) is 6.17 Å². The highest BCUT2D eigenvalue weighted by molar-refractivity contribution is 5.77. The number of morpholine rings is 1. The molecule has 0 saturated carbocycles. The van der Waals surface area contributed by atoms with Crippen LogP contribution in [0.4, 0.5) is 4.79 Å². The molecule has 3 aliphatic heterocycles. The Morgan fingerprint density at radius 2 is 1.88 bits per heavy atom. The molecule has 12 nitrogen and oxygen atoms in total. The van der Waals surface area contributed by atoms with Crippen LogP contribution in [-0.2, 0) is 32.0 Å². The van der Waals surface area contributed by atoms with E-state index >= 15 is 0 Å². The Labute approximate surface area is 244 Å². The number of benzene rings is 1. The van der Waals surface area contributed by atoms with Gasteiger partial charge in [0.2, 0.25) is 0 Å². The summed E-state index contributed by atoms with van der Waals surface area (Å²) in [6.07, 6.45) is 3.15. The van der Waals surface area contributed by atoms with E-state index in [-0.39, 0.29) is 37.0 Å². The normalized spacial score (nSPS) is 24.9. The fraction of sp³-hybridized carbons (Fsp3) is 0.724. The SMILES string of the molecule is CCCCOC1NC(N)C2NC(=O)N(CCCN(CCCN3CCOCC3)Cc3cccc(CC(=O)OC)c3)C2N1. The summed E-state index contributed by atoms with van der Waals surface area (Å²) >= 11 is 0. The van der Waals surface area contributed by atoms with Crippen molar-refractivity contribution in [3.05, 3.63) is 35.4 Å². The van der Waals surface area contributed by atoms with Crippen LogP contribution in [0.15, 0.2) is 24.3 Å². The molecular formula is C29H49N7O5. The molecule has 0 spiro atoms. The second kappa shape index (κ2) is 16.4. The third-order valence-electron chi connectivity index (χ3n) is 7.96. The number of ether oxygens (including phenoxy) is 3. The number of amides is 2. The van der Waals surface area contributed by atoms with Crippen LogP contribution in [0.1, 0.15) is 43.7 Å². The van der Waals surface area contributed by atoms with E-state index in [9.17, 15) is 9.59 Å². The van der Waals surface area contributed by atoms with Gasteiger partial charge in [-0.1, -0.05) is 37.6 Å². The topological polar surface area (TPSA) is 134 Å². The molecule has 4 rings (SSSR count). The van der Waals surface area contributed by atoms with E-state index < -0.39 is 6.17 Å². The van der Waals surface area contributed by atoms with Crippen molar-refractivity contribution >= 4 is 12.0 Å². The summed E-state index contributed by atoms with van der Waals surface area (Å²) < 4.78 is 16.3. The number of unbranched alkanes of at least 4 members (excludes halogenated alkanes) is 1. The predicted octanol–water partition coefficient (Wildman–Crippen LogP) is 0.614. The minimum Gasteiger partial charge on any atom is -0.469 e. The first-order valence-corrected chi connectivity index (χ1v) is 15.1. The molecule has 0 aromatic heterocycles. The lowest BCUT2D eigenvalue weighted by Crippen LogP contribution is -2.72. The first kappa shape index (κ1) is 31.6. The van der Waals surface area contributed by atoms with Crippen LogP contribution in [0.3, 0.4) is 0 Å². The van der Waals surface area contributed by atoms with Gasteiger partial charge in [-0.2, -0.15) is 0 Å². The predicted molar refractivity (Wildman–Crippen MR) is 156 cm³/mol. The van der Waals surface area contributed by atoms with E-state index in [4.69, 9.17) is 19.9 Å². The van der Waals surface area contributed by atoms with Crippen molar-refractivity contribution in [3.8, 4) is 0 Å². The Morgan fingerprint density at radius 3 is 2.63 bits per heavy atom. The maximum absolute atomic E-state index is 12.9. The van der Waals surface area contributed by atoms with Gasteiger partial charge in [0, 0.05) is 32.7 Å². The molecular weight excluding hydrogens is 526 g/mol. The first-order chi connectivity index (χ1) is 20.0. The molecule has 1 aromatic rings. The fourth-order valence-corrected chi connectivity index (χ4v) is 5.68. The minimum absolute atomic E-state index is 0.103.